The number of ketones is 1. The number of aliphatic carboxylic acids is 1. The predicted octanol–water partition coefficient (Wildman–Crippen LogP) is 0.375. The van der Waals surface area contributed by atoms with Gasteiger partial charge in [-0.3, -0.25) is 4.79 Å². The summed E-state index contributed by atoms with van der Waals surface area (Å²) in [6, 6.07) is 1.60. The minimum absolute atomic E-state index is 0.250. The first-order chi connectivity index (χ1) is 8.07. The Kier molecular flexibility index (Phi) is 4.71. The van der Waals surface area contributed by atoms with Gasteiger partial charge in [-0.1, -0.05) is 13.3 Å². The van der Waals surface area contributed by atoms with Crippen LogP contribution < -0.4 is 0 Å². The molecule has 0 aliphatic rings. The molecule has 92 valence electrons. The van der Waals surface area contributed by atoms with E-state index in [-0.39, 0.29) is 5.82 Å². The first-order valence-electron chi connectivity index (χ1n) is 5.29. The number of hydrogen-bond acceptors (Lipinski definition) is 5. The number of nitrogens with zero attached hydrogens (tertiary/aromatic N) is 2. The average molecular weight is 238 g/mol. The van der Waals surface area contributed by atoms with E-state index in [1.54, 1.807) is 6.07 Å². The molecule has 0 saturated heterocycles. The predicted molar refractivity (Wildman–Crippen MR) is 58.3 cm³/mol. The summed E-state index contributed by atoms with van der Waals surface area (Å²) in [6.45, 7) is 1.86. The largest absolute Gasteiger partial charge is 0.479 e. The molecule has 0 aliphatic carbocycles. The molecule has 2 atom stereocenters. The number of rotatable bonds is 6. The molecule has 1 rings (SSSR count). The van der Waals surface area contributed by atoms with Gasteiger partial charge in [-0.25, -0.2) is 14.8 Å². The van der Waals surface area contributed by atoms with Gasteiger partial charge in [0, 0.05) is 12.4 Å². The lowest BCUT2D eigenvalue weighted by Gasteiger charge is -2.14. The van der Waals surface area contributed by atoms with E-state index in [0.717, 1.165) is 0 Å². The molecule has 2 unspecified atom stereocenters. The Bertz CT molecular complexity index is 394. The van der Waals surface area contributed by atoms with Crippen LogP contribution in [-0.4, -0.2) is 38.0 Å². The Morgan fingerprint density at radius 2 is 1.94 bits per heavy atom. The highest BCUT2D eigenvalue weighted by Gasteiger charge is 2.32. The smallest absolute Gasteiger partial charge is 0.340 e. The number of aromatic nitrogens is 2. The summed E-state index contributed by atoms with van der Waals surface area (Å²) < 4.78 is 0. The third kappa shape index (κ3) is 3.32. The van der Waals surface area contributed by atoms with E-state index in [1.165, 1.54) is 12.4 Å². The molecule has 1 heterocycles. The molecule has 2 N–H and O–H groups in total. The lowest BCUT2D eigenvalue weighted by Crippen LogP contribution is -2.34. The molecule has 17 heavy (non-hydrogen) atoms. The summed E-state index contributed by atoms with van der Waals surface area (Å²) in [5.74, 6) is -2.84. The standard InChI is InChI=1S/C11H14N2O4/c1-2-4-7(8(14)9(15)11(16)17)10-12-5-3-6-13-10/h3,5-7,9,15H,2,4H2,1H3,(H,16,17). The van der Waals surface area contributed by atoms with Crippen LogP contribution in [0.4, 0.5) is 0 Å². The normalized spacial score (nSPS) is 14.0. The van der Waals surface area contributed by atoms with Crippen molar-refractivity contribution in [3.8, 4) is 0 Å². The molecule has 0 amide bonds. The number of carbonyl (C=O) groups is 2. The molecule has 0 radical (unpaired) electrons. The summed E-state index contributed by atoms with van der Waals surface area (Å²) in [4.78, 5) is 30.2. The Labute approximate surface area is 98.3 Å². The first-order valence-corrected chi connectivity index (χ1v) is 5.29. The monoisotopic (exact) mass is 238 g/mol. The Hall–Kier alpha value is -1.82. The van der Waals surface area contributed by atoms with Crippen molar-refractivity contribution < 1.29 is 19.8 Å². The summed E-state index contributed by atoms with van der Waals surface area (Å²) >= 11 is 0. The summed E-state index contributed by atoms with van der Waals surface area (Å²) in [5.41, 5.74) is 0. The van der Waals surface area contributed by atoms with Crippen molar-refractivity contribution in [1.29, 1.82) is 0 Å². The van der Waals surface area contributed by atoms with Crippen molar-refractivity contribution in [3.05, 3.63) is 24.3 Å². The third-order valence-corrected chi connectivity index (χ3v) is 2.32. The zero-order chi connectivity index (χ0) is 12.8. The van der Waals surface area contributed by atoms with E-state index < -0.39 is 23.8 Å². The van der Waals surface area contributed by atoms with Crippen LogP contribution in [0.2, 0.25) is 0 Å². The molecule has 0 spiro atoms. The van der Waals surface area contributed by atoms with Gasteiger partial charge < -0.3 is 10.2 Å². The van der Waals surface area contributed by atoms with Gasteiger partial charge in [0.1, 0.15) is 5.82 Å². The topological polar surface area (TPSA) is 100 Å². The van der Waals surface area contributed by atoms with Crippen molar-refractivity contribution in [2.75, 3.05) is 0 Å². The maximum atomic E-state index is 11.8. The number of carboxylic acids is 1. The summed E-state index contributed by atoms with van der Waals surface area (Å²) in [7, 11) is 0. The number of carbonyl (C=O) groups excluding carboxylic acids is 1. The molecule has 1 aromatic rings. The zero-order valence-electron chi connectivity index (χ0n) is 9.41. The van der Waals surface area contributed by atoms with Crippen molar-refractivity contribution in [3.63, 3.8) is 0 Å². The summed E-state index contributed by atoms with van der Waals surface area (Å²) in [5, 5.41) is 17.9. The van der Waals surface area contributed by atoms with Crippen LogP contribution in [0, 0.1) is 0 Å². The fourth-order valence-corrected chi connectivity index (χ4v) is 1.49. The molecule has 0 aliphatic heterocycles. The Balaban J connectivity index is 2.94. The molecule has 0 fully saturated rings. The van der Waals surface area contributed by atoms with Gasteiger partial charge in [-0.15, -0.1) is 0 Å². The number of hydrogen-bond donors (Lipinski definition) is 2. The fraction of sp³-hybridized carbons (Fsp3) is 0.455. The molecule has 6 heteroatoms. The molecule has 0 aromatic carbocycles. The highest BCUT2D eigenvalue weighted by molar-refractivity contribution is 6.03. The van der Waals surface area contributed by atoms with Gasteiger partial charge in [-0.2, -0.15) is 0 Å². The SMILES string of the molecule is CCCC(C(=O)C(O)C(=O)O)c1ncccn1. The maximum absolute atomic E-state index is 11.8. The highest BCUT2D eigenvalue weighted by Crippen LogP contribution is 2.20. The van der Waals surface area contributed by atoms with Crippen molar-refractivity contribution >= 4 is 11.8 Å². The number of Topliss-reactive ketones (excluding diaryl/α,β-unsaturated/α-hetero) is 1. The van der Waals surface area contributed by atoms with Gasteiger partial charge in [0.05, 0.1) is 5.92 Å². The number of aliphatic hydroxyl groups is 1. The minimum Gasteiger partial charge on any atom is -0.479 e. The van der Waals surface area contributed by atoms with Gasteiger partial charge in [0.15, 0.2) is 5.78 Å². The Morgan fingerprint density at radius 3 is 2.41 bits per heavy atom. The van der Waals surface area contributed by atoms with Crippen LogP contribution in [-0.2, 0) is 9.59 Å². The van der Waals surface area contributed by atoms with Crippen molar-refractivity contribution in [2.24, 2.45) is 0 Å². The molecule has 0 saturated carbocycles. The quantitative estimate of drug-likeness (QED) is 0.695. The average Bonchev–Trinajstić information content (AvgIpc) is 2.35. The second-order valence-electron chi connectivity index (χ2n) is 3.59. The van der Waals surface area contributed by atoms with E-state index in [1.807, 2.05) is 6.92 Å². The zero-order valence-corrected chi connectivity index (χ0v) is 9.41. The van der Waals surface area contributed by atoms with Crippen molar-refractivity contribution in [1.82, 2.24) is 9.97 Å². The second kappa shape index (κ2) is 6.05. The van der Waals surface area contributed by atoms with Crippen LogP contribution >= 0.6 is 0 Å². The van der Waals surface area contributed by atoms with E-state index in [4.69, 9.17) is 5.11 Å². The van der Waals surface area contributed by atoms with Crippen LogP contribution in [0.1, 0.15) is 31.5 Å². The molecular formula is C11H14N2O4. The van der Waals surface area contributed by atoms with Crippen LogP contribution in [0.3, 0.4) is 0 Å². The lowest BCUT2D eigenvalue weighted by atomic mass is 9.94. The van der Waals surface area contributed by atoms with Gasteiger partial charge in [0.25, 0.3) is 0 Å². The van der Waals surface area contributed by atoms with Gasteiger partial charge in [-0.05, 0) is 12.5 Å². The molecular weight excluding hydrogens is 224 g/mol. The maximum Gasteiger partial charge on any atom is 0.340 e. The van der Waals surface area contributed by atoms with E-state index in [9.17, 15) is 14.7 Å². The van der Waals surface area contributed by atoms with Crippen LogP contribution in [0.5, 0.6) is 0 Å². The van der Waals surface area contributed by atoms with Crippen molar-refractivity contribution in [2.45, 2.75) is 31.8 Å². The first kappa shape index (κ1) is 13.2. The molecule has 6 nitrogen and oxygen atoms in total. The number of aliphatic hydroxyl groups excluding tert-OH is 1. The third-order valence-electron chi connectivity index (χ3n) is 2.32. The fourth-order valence-electron chi connectivity index (χ4n) is 1.49. The van der Waals surface area contributed by atoms with E-state index in [2.05, 4.69) is 9.97 Å². The Morgan fingerprint density at radius 1 is 1.35 bits per heavy atom. The second-order valence-corrected chi connectivity index (χ2v) is 3.59. The van der Waals surface area contributed by atoms with Crippen LogP contribution in [0.25, 0.3) is 0 Å². The number of carboxylic acid groups (broad SMARTS) is 1. The molecule has 1 aromatic heterocycles. The molecule has 0 bridgehead atoms. The highest BCUT2D eigenvalue weighted by atomic mass is 16.4. The lowest BCUT2D eigenvalue weighted by molar-refractivity contribution is -0.152. The van der Waals surface area contributed by atoms with Crippen LogP contribution in [0.15, 0.2) is 18.5 Å². The van der Waals surface area contributed by atoms with E-state index in [0.29, 0.717) is 12.8 Å². The summed E-state index contributed by atoms with van der Waals surface area (Å²) in [6.07, 6.45) is 2.01. The van der Waals surface area contributed by atoms with Gasteiger partial charge in [0.2, 0.25) is 6.10 Å². The minimum atomic E-state index is -2.02. The van der Waals surface area contributed by atoms with Gasteiger partial charge >= 0.3 is 5.97 Å². The van der Waals surface area contributed by atoms with E-state index >= 15 is 0 Å².